The molecule has 6 nitrogen and oxygen atoms in total. The summed E-state index contributed by atoms with van der Waals surface area (Å²) in [7, 11) is 0. The van der Waals surface area contributed by atoms with Crippen molar-refractivity contribution >= 4 is 16.9 Å². The van der Waals surface area contributed by atoms with Gasteiger partial charge in [0.05, 0.1) is 29.6 Å². The second kappa shape index (κ2) is 6.78. The molecule has 0 aliphatic carbocycles. The van der Waals surface area contributed by atoms with Crippen molar-refractivity contribution in [2.45, 2.75) is 19.4 Å². The number of nitrogens with zero attached hydrogens (tertiary/aromatic N) is 5. The highest BCUT2D eigenvalue weighted by atomic mass is 19.1. The van der Waals surface area contributed by atoms with Crippen LogP contribution < -0.4 is 10.5 Å². The molecule has 0 amide bonds. The molecule has 0 atom stereocenters. The van der Waals surface area contributed by atoms with E-state index in [4.69, 9.17) is 0 Å². The van der Waals surface area contributed by atoms with Crippen molar-refractivity contribution in [2.75, 3.05) is 18.0 Å². The molecule has 4 rings (SSSR count). The first-order chi connectivity index (χ1) is 12.6. The van der Waals surface area contributed by atoms with Gasteiger partial charge in [-0.1, -0.05) is 0 Å². The molecule has 0 N–H and O–H groups in total. The Morgan fingerprint density at radius 2 is 1.77 bits per heavy atom. The zero-order valence-corrected chi connectivity index (χ0v) is 14.0. The van der Waals surface area contributed by atoms with Crippen molar-refractivity contribution in [2.24, 2.45) is 5.92 Å². The van der Waals surface area contributed by atoms with Crippen molar-refractivity contribution in [3.05, 3.63) is 58.9 Å². The molecule has 3 heterocycles. The number of hydrogen-bond acceptors (Lipinski definition) is 5. The summed E-state index contributed by atoms with van der Waals surface area (Å²) in [5.74, 6) is -0.00950. The topological polar surface area (TPSA) is 63.9 Å². The molecule has 1 saturated heterocycles. The largest absolute Gasteiger partial charge is 0.341 e. The summed E-state index contributed by atoms with van der Waals surface area (Å²) >= 11 is 0. The summed E-state index contributed by atoms with van der Waals surface area (Å²) < 4.78 is 27.8. The van der Waals surface area contributed by atoms with Crippen LogP contribution in [0.3, 0.4) is 0 Å². The lowest BCUT2D eigenvalue weighted by Gasteiger charge is -2.32. The molecular formula is C18H17F2N5O. The van der Waals surface area contributed by atoms with E-state index in [2.05, 4.69) is 15.0 Å². The number of benzene rings is 1. The van der Waals surface area contributed by atoms with Crippen LogP contribution in [0.1, 0.15) is 12.8 Å². The van der Waals surface area contributed by atoms with Gasteiger partial charge in [0.25, 0.3) is 5.56 Å². The van der Waals surface area contributed by atoms with E-state index in [-0.39, 0.29) is 5.56 Å². The van der Waals surface area contributed by atoms with Gasteiger partial charge < -0.3 is 4.90 Å². The van der Waals surface area contributed by atoms with Gasteiger partial charge in [-0.05, 0) is 30.9 Å². The molecule has 26 heavy (non-hydrogen) atoms. The highest BCUT2D eigenvalue weighted by Gasteiger charge is 2.22. The predicted molar refractivity (Wildman–Crippen MR) is 92.9 cm³/mol. The fourth-order valence-electron chi connectivity index (χ4n) is 3.32. The third kappa shape index (κ3) is 3.26. The van der Waals surface area contributed by atoms with Gasteiger partial charge in [-0.25, -0.2) is 23.7 Å². The van der Waals surface area contributed by atoms with Gasteiger partial charge in [-0.15, -0.1) is 0 Å². The third-order valence-corrected chi connectivity index (χ3v) is 4.75. The van der Waals surface area contributed by atoms with Crippen LogP contribution in [0, 0.1) is 17.6 Å². The van der Waals surface area contributed by atoms with E-state index in [1.165, 1.54) is 24.5 Å². The highest BCUT2D eigenvalue weighted by molar-refractivity contribution is 5.77. The van der Waals surface area contributed by atoms with E-state index in [0.29, 0.717) is 29.3 Å². The smallest absolute Gasteiger partial charge is 0.261 e. The van der Waals surface area contributed by atoms with Gasteiger partial charge in [0, 0.05) is 25.7 Å². The SMILES string of the molecule is O=c1c2ccc(F)cc2ncn1CC1CCN(c2ncc(F)cn2)CC1. The lowest BCUT2D eigenvalue weighted by molar-refractivity contribution is 0.350. The monoisotopic (exact) mass is 357 g/mol. The lowest BCUT2D eigenvalue weighted by atomic mass is 9.97. The molecule has 0 bridgehead atoms. The highest BCUT2D eigenvalue weighted by Crippen LogP contribution is 2.21. The van der Waals surface area contributed by atoms with Crippen LogP contribution in [-0.4, -0.2) is 32.6 Å². The Hall–Kier alpha value is -2.90. The summed E-state index contributed by atoms with van der Waals surface area (Å²) in [5, 5.41) is 0.422. The molecule has 0 radical (unpaired) electrons. The number of piperidine rings is 1. The minimum Gasteiger partial charge on any atom is -0.341 e. The molecule has 8 heteroatoms. The molecule has 2 aromatic heterocycles. The van der Waals surface area contributed by atoms with Gasteiger partial charge in [-0.3, -0.25) is 9.36 Å². The van der Waals surface area contributed by atoms with E-state index in [9.17, 15) is 13.6 Å². The Labute approximate surface area is 148 Å². The lowest BCUT2D eigenvalue weighted by Crippen LogP contribution is -2.37. The summed E-state index contributed by atoms with van der Waals surface area (Å²) in [6.07, 6.45) is 5.55. The molecule has 1 fully saturated rings. The van der Waals surface area contributed by atoms with E-state index in [1.54, 1.807) is 4.57 Å². The predicted octanol–water partition coefficient (Wildman–Crippen LogP) is 2.38. The molecule has 3 aromatic rings. The summed E-state index contributed by atoms with van der Waals surface area (Å²) in [5.41, 5.74) is 0.217. The Morgan fingerprint density at radius 1 is 1.04 bits per heavy atom. The Balaban J connectivity index is 1.45. The minimum absolute atomic E-state index is 0.153. The van der Waals surface area contributed by atoms with Crippen LogP contribution in [0.4, 0.5) is 14.7 Å². The quantitative estimate of drug-likeness (QED) is 0.720. The van der Waals surface area contributed by atoms with E-state index >= 15 is 0 Å². The zero-order valence-electron chi connectivity index (χ0n) is 14.0. The molecule has 0 spiro atoms. The average Bonchev–Trinajstić information content (AvgIpc) is 2.65. The third-order valence-electron chi connectivity index (χ3n) is 4.75. The summed E-state index contributed by atoms with van der Waals surface area (Å²) in [6, 6.07) is 4.02. The molecule has 0 saturated carbocycles. The number of halogens is 2. The number of fused-ring (bicyclic) bond motifs is 1. The average molecular weight is 357 g/mol. The van der Waals surface area contributed by atoms with Crippen LogP contribution in [0.5, 0.6) is 0 Å². The Bertz CT molecular complexity index is 981. The van der Waals surface area contributed by atoms with Gasteiger partial charge >= 0.3 is 0 Å². The molecular weight excluding hydrogens is 340 g/mol. The molecule has 134 valence electrons. The normalized spacial score (nSPS) is 15.5. The second-order valence-corrected chi connectivity index (χ2v) is 6.50. The van der Waals surface area contributed by atoms with Gasteiger partial charge in [-0.2, -0.15) is 0 Å². The first-order valence-electron chi connectivity index (χ1n) is 8.47. The molecule has 1 aliphatic heterocycles. The summed E-state index contributed by atoms with van der Waals surface area (Å²) in [6.45, 7) is 2.06. The number of anilines is 1. The van der Waals surface area contributed by atoms with E-state index < -0.39 is 11.6 Å². The van der Waals surface area contributed by atoms with Crippen LogP contribution in [-0.2, 0) is 6.54 Å². The minimum atomic E-state index is -0.452. The van der Waals surface area contributed by atoms with Crippen LogP contribution >= 0.6 is 0 Å². The molecule has 0 unspecified atom stereocenters. The van der Waals surface area contributed by atoms with Gasteiger partial charge in [0.2, 0.25) is 5.95 Å². The maximum atomic E-state index is 13.3. The first-order valence-corrected chi connectivity index (χ1v) is 8.47. The van der Waals surface area contributed by atoms with Crippen molar-refractivity contribution in [1.29, 1.82) is 0 Å². The Kier molecular flexibility index (Phi) is 4.32. The van der Waals surface area contributed by atoms with E-state index in [1.807, 2.05) is 4.90 Å². The van der Waals surface area contributed by atoms with Crippen molar-refractivity contribution in [3.63, 3.8) is 0 Å². The maximum absolute atomic E-state index is 13.3. The molecule has 1 aliphatic rings. The number of rotatable bonds is 3. The van der Waals surface area contributed by atoms with Crippen molar-refractivity contribution in [1.82, 2.24) is 19.5 Å². The van der Waals surface area contributed by atoms with Crippen LogP contribution in [0.15, 0.2) is 41.7 Å². The Morgan fingerprint density at radius 3 is 2.50 bits per heavy atom. The fourth-order valence-corrected chi connectivity index (χ4v) is 3.32. The van der Waals surface area contributed by atoms with E-state index in [0.717, 1.165) is 38.3 Å². The number of aromatic nitrogens is 4. The second-order valence-electron chi connectivity index (χ2n) is 6.50. The maximum Gasteiger partial charge on any atom is 0.261 e. The molecule has 1 aromatic carbocycles. The van der Waals surface area contributed by atoms with Gasteiger partial charge in [0.1, 0.15) is 5.82 Å². The van der Waals surface area contributed by atoms with Gasteiger partial charge in [0.15, 0.2) is 5.82 Å². The van der Waals surface area contributed by atoms with Crippen LogP contribution in [0.2, 0.25) is 0 Å². The summed E-state index contributed by atoms with van der Waals surface area (Å²) in [4.78, 5) is 26.8. The van der Waals surface area contributed by atoms with Crippen LogP contribution in [0.25, 0.3) is 10.9 Å². The first kappa shape index (κ1) is 16.6. The zero-order chi connectivity index (χ0) is 18.1. The number of hydrogen-bond donors (Lipinski definition) is 0. The van der Waals surface area contributed by atoms with Crippen molar-refractivity contribution in [3.8, 4) is 0 Å². The standard InChI is InChI=1S/C18H17F2N5O/c19-13-1-2-15-16(7-13)23-11-25(17(15)26)10-12-3-5-24(6-4-12)18-21-8-14(20)9-22-18/h1-2,7-9,11-12H,3-6,10H2. The van der Waals surface area contributed by atoms with Crippen molar-refractivity contribution < 1.29 is 8.78 Å². The fraction of sp³-hybridized carbons (Fsp3) is 0.333.